The third kappa shape index (κ3) is 4.82. The summed E-state index contributed by atoms with van der Waals surface area (Å²) in [6.45, 7) is 1.91. The van der Waals surface area contributed by atoms with E-state index in [1.807, 2.05) is 25.1 Å². The third-order valence-electron chi connectivity index (χ3n) is 4.87. The van der Waals surface area contributed by atoms with Crippen LogP contribution in [0.25, 0.3) is 0 Å². The van der Waals surface area contributed by atoms with E-state index in [9.17, 15) is 8.42 Å². The summed E-state index contributed by atoms with van der Waals surface area (Å²) < 4.78 is 29.9. The molecule has 2 aromatic carbocycles. The molecule has 0 aliphatic heterocycles. The molecule has 0 atom stereocenters. The minimum absolute atomic E-state index is 0.219. The lowest BCUT2D eigenvalue weighted by Crippen LogP contribution is -2.22. The number of benzene rings is 2. The quantitative estimate of drug-likeness (QED) is 0.735. The first-order chi connectivity index (χ1) is 12.9. The Kier molecular flexibility index (Phi) is 6.07. The number of halogens is 1. The highest BCUT2D eigenvalue weighted by Crippen LogP contribution is 2.37. The van der Waals surface area contributed by atoms with Crippen LogP contribution in [-0.4, -0.2) is 21.2 Å². The van der Waals surface area contributed by atoms with Crippen LogP contribution in [0.5, 0.6) is 5.75 Å². The van der Waals surface area contributed by atoms with Crippen molar-refractivity contribution >= 4 is 27.3 Å². The Bertz CT molecular complexity index is 930. The highest BCUT2D eigenvalue weighted by Gasteiger charge is 2.22. The second-order valence-electron chi connectivity index (χ2n) is 6.75. The summed E-state index contributed by atoms with van der Waals surface area (Å²) in [4.78, 5) is 2.58. The second-order valence-corrected chi connectivity index (χ2v) is 8.82. The first-order valence-electron chi connectivity index (χ1n) is 8.86. The van der Waals surface area contributed by atoms with Crippen LogP contribution in [0.2, 0.25) is 5.02 Å². The number of ether oxygens (including phenoxy) is 1. The van der Waals surface area contributed by atoms with Crippen molar-refractivity contribution in [3.8, 4) is 5.75 Å². The van der Waals surface area contributed by atoms with Crippen molar-refractivity contribution in [3.63, 3.8) is 0 Å². The van der Waals surface area contributed by atoms with Gasteiger partial charge < -0.3 is 4.74 Å². The molecule has 2 aromatic rings. The van der Waals surface area contributed by atoms with E-state index in [0.717, 1.165) is 48.3 Å². The van der Waals surface area contributed by atoms with Gasteiger partial charge in [0, 0.05) is 10.7 Å². The SMILES string of the molecule is COc1ccc(C2CCC(=NNS(=O)(=O)c3ccc(C)cc3)CC2)c(Cl)c1. The average molecular weight is 407 g/mol. The summed E-state index contributed by atoms with van der Waals surface area (Å²) >= 11 is 6.38. The molecule has 3 rings (SSSR count). The zero-order valence-corrected chi connectivity index (χ0v) is 17.0. The van der Waals surface area contributed by atoms with E-state index in [4.69, 9.17) is 16.3 Å². The molecule has 0 unspecified atom stereocenters. The van der Waals surface area contributed by atoms with Crippen molar-refractivity contribution in [2.45, 2.75) is 43.4 Å². The number of rotatable bonds is 5. The lowest BCUT2D eigenvalue weighted by atomic mass is 9.83. The molecule has 144 valence electrons. The van der Waals surface area contributed by atoms with Crippen molar-refractivity contribution in [2.24, 2.45) is 5.10 Å². The summed E-state index contributed by atoms with van der Waals surface area (Å²) in [6, 6.07) is 12.5. The predicted molar refractivity (Wildman–Crippen MR) is 108 cm³/mol. The standard InChI is InChI=1S/C20H23ClN2O3S/c1-14-3-10-18(11-4-14)27(24,25)23-22-16-7-5-15(6-8-16)19-12-9-17(26-2)13-20(19)21/h3-4,9-13,15,23H,5-8H2,1-2H3. The topological polar surface area (TPSA) is 67.8 Å². The normalized spacial score (nSPS) is 17.4. The molecule has 0 bridgehead atoms. The number of hydrogen-bond acceptors (Lipinski definition) is 4. The van der Waals surface area contributed by atoms with Crippen molar-refractivity contribution in [1.29, 1.82) is 0 Å². The van der Waals surface area contributed by atoms with Crippen LogP contribution < -0.4 is 9.57 Å². The van der Waals surface area contributed by atoms with E-state index >= 15 is 0 Å². The van der Waals surface area contributed by atoms with Crippen LogP contribution in [0.15, 0.2) is 52.5 Å². The monoisotopic (exact) mass is 406 g/mol. The van der Waals surface area contributed by atoms with E-state index in [0.29, 0.717) is 10.9 Å². The molecular weight excluding hydrogens is 384 g/mol. The van der Waals surface area contributed by atoms with Gasteiger partial charge in [-0.2, -0.15) is 13.5 Å². The maximum absolute atomic E-state index is 12.3. The molecule has 5 nitrogen and oxygen atoms in total. The van der Waals surface area contributed by atoms with E-state index in [2.05, 4.69) is 9.93 Å². The van der Waals surface area contributed by atoms with Gasteiger partial charge in [-0.05, 0) is 68.4 Å². The lowest BCUT2D eigenvalue weighted by Gasteiger charge is -2.24. The van der Waals surface area contributed by atoms with Gasteiger partial charge in [0.25, 0.3) is 10.0 Å². The Labute approximate surface area is 165 Å². The van der Waals surface area contributed by atoms with Crippen molar-refractivity contribution in [3.05, 3.63) is 58.6 Å². The van der Waals surface area contributed by atoms with Crippen LogP contribution >= 0.6 is 11.6 Å². The van der Waals surface area contributed by atoms with Crippen LogP contribution in [0.1, 0.15) is 42.7 Å². The molecular formula is C20H23ClN2O3S. The third-order valence-corrected chi connectivity index (χ3v) is 6.42. The van der Waals surface area contributed by atoms with Gasteiger partial charge in [0.05, 0.1) is 12.0 Å². The van der Waals surface area contributed by atoms with E-state index in [1.165, 1.54) is 0 Å². The number of aryl methyl sites for hydroxylation is 1. The molecule has 0 amide bonds. The lowest BCUT2D eigenvalue weighted by molar-refractivity contribution is 0.414. The van der Waals surface area contributed by atoms with Gasteiger partial charge in [-0.15, -0.1) is 0 Å². The smallest absolute Gasteiger partial charge is 0.276 e. The van der Waals surface area contributed by atoms with Gasteiger partial charge in [-0.1, -0.05) is 35.4 Å². The summed E-state index contributed by atoms with van der Waals surface area (Å²) in [5, 5.41) is 4.87. The fourth-order valence-corrected chi connectivity index (χ4v) is 4.41. The maximum atomic E-state index is 12.3. The van der Waals surface area contributed by atoms with Gasteiger partial charge in [-0.25, -0.2) is 4.83 Å². The summed E-state index contributed by atoms with van der Waals surface area (Å²) in [5.74, 6) is 1.09. The number of hydrazone groups is 1. The zero-order valence-electron chi connectivity index (χ0n) is 15.4. The number of methoxy groups -OCH3 is 1. The van der Waals surface area contributed by atoms with E-state index in [1.54, 1.807) is 31.4 Å². The Morgan fingerprint density at radius 2 is 1.78 bits per heavy atom. The minimum atomic E-state index is -3.63. The van der Waals surface area contributed by atoms with Gasteiger partial charge in [0.15, 0.2) is 0 Å². The predicted octanol–water partition coefficient (Wildman–Crippen LogP) is 4.65. The van der Waals surface area contributed by atoms with Gasteiger partial charge in [-0.3, -0.25) is 0 Å². The van der Waals surface area contributed by atoms with Crippen LogP contribution in [0.3, 0.4) is 0 Å². The molecule has 1 saturated carbocycles. The molecule has 1 aliphatic rings. The van der Waals surface area contributed by atoms with E-state index in [-0.39, 0.29) is 4.90 Å². The highest BCUT2D eigenvalue weighted by molar-refractivity contribution is 7.89. The molecule has 0 saturated heterocycles. The molecule has 0 aromatic heterocycles. The Hall–Kier alpha value is -2.05. The molecule has 1 N–H and O–H groups in total. The second kappa shape index (κ2) is 8.31. The van der Waals surface area contributed by atoms with Gasteiger partial charge in [0.1, 0.15) is 5.75 Å². The molecule has 1 fully saturated rings. The zero-order chi connectivity index (χ0) is 19.4. The minimum Gasteiger partial charge on any atom is -0.497 e. The molecule has 0 spiro atoms. The average Bonchev–Trinajstić information content (AvgIpc) is 2.67. The summed E-state index contributed by atoms with van der Waals surface area (Å²) in [7, 11) is -2.01. The Morgan fingerprint density at radius 1 is 1.11 bits per heavy atom. The Balaban J connectivity index is 1.62. The van der Waals surface area contributed by atoms with Crippen LogP contribution in [0.4, 0.5) is 0 Å². The van der Waals surface area contributed by atoms with E-state index < -0.39 is 10.0 Å². The number of hydrogen-bond donors (Lipinski definition) is 1. The van der Waals surface area contributed by atoms with Gasteiger partial charge in [0.2, 0.25) is 0 Å². The number of nitrogens with zero attached hydrogens (tertiary/aromatic N) is 1. The van der Waals surface area contributed by atoms with Crippen LogP contribution in [0, 0.1) is 6.92 Å². The summed E-state index contributed by atoms with van der Waals surface area (Å²) in [6.07, 6.45) is 3.25. The molecule has 0 radical (unpaired) electrons. The maximum Gasteiger partial charge on any atom is 0.276 e. The molecule has 1 aliphatic carbocycles. The fraction of sp³-hybridized carbons (Fsp3) is 0.350. The van der Waals surface area contributed by atoms with Gasteiger partial charge >= 0.3 is 0 Å². The fourth-order valence-electron chi connectivity index (χ4n) is 3.23. The van der Waals surface area contributed by atoms with Crippen LogP contribution in [-0.2, 0) is 10.0 Å². The largest absolute Gasteiger partial charge is 0.497 e. The first-order valence-corrected chi connectivity index (χ1v) is 10.7. The molecule has 27 heavy (non-hydrogen) atoms. The first kappa shape index (κ1) is 19.7. The van der Waals surface area contributed by atoms with Crippen molar-refractivity contribution in [2.75, 3.05) is 7.11 Å². The number of nitrogens with one attached hydrogen (secondary N) is 1. The van der Waals surface area contributed by atoms with Crippen molar-refractivity contribution in [1.82, 2.24) is 4.83 Å². The molecule has 0 heterocycles. The Morgan fingerprint density at radius 3 is 2.37 bits per heavy atom. The molecule has 7 heteroatoms. The summed E-state index contributed by atoms with van der Waals surface area (Å²) in [5.41, 5.74) is 2.99. The highest BCUT2D eigenvalue weighted by atomic mass is 35.5. The number of sulfonamides is 1. The van der Waals surface area contributed by atoms with Crippen molar-refractivity contribution < 1.29 is 13.2 Å².